The van der Waals surface area contributed by atoms with Crippen LogP contribution >= 0.6 is 0 Å². The Balaban J connectivity index is 1.61. The summed E-state index contributed by atoms with van der Waals surface area (Å²) in [5.74, 6) is 1.07. The molecule has 0 bridgehead atoms. The van der Waals surface area contributed by atoms with Crippen molar-refractivity contribution in [2.75, 3.05) is 30.7 Å². The molecule has 0 aromatic carbocycles. The Bertz CT molecular complexity index is 714. The highest BCUT2D eigenvalue weighted by Gasteiger charge is 2.17. The Morgan fingerprint density at radius 1 is 1.25 bits per heavy atom. The maximum Gasteiger partial charge on any atom is 0.226 e. The van der Waals surface area contributed by atoms with E-state index in [1.165, 1.54) is 25.8 Å². The van der Waals surface area contributed by atoms with Crippen LogP contribution < -0.4 is 11.1 Å². The van der Waals surface area contributed by atoms with Gasteiger partial charge in [0, 0.05) is 24.8 Å². The standard InChI is InChI=1S/C18H28N6/c1-12-11-13(2)21-17-15(12)16(19)22-18(23-17)20-8-6-10-24-9-5-4-7-14(24)3/h11,14H,4-10H2,1-3H3,(H3,19,20,21,22,23). The third kappa shape index (κ3) is 3.75. The van der Waals surface area contributed by atoms with Crippen molar-refractivity contribution in [2.45, 2.75) is 52.5 Å². The van der Waals surface area contributed by atoms with Gasteiger partial charge in [-0.3, -0.25) is 0 Å². The molecule has 3 N–H and O–H groups in total. The van der Waals surface area contributed by atoms with Crippen molar-refractivity contribution in [3.63, 3.8) is 0 Å². The molecule has 6 heteroatoms. The second-order valence-corrected chi connectivity index (χ2v) is 6.87. The SMILES string of the molecule is Cc1cc(C)c2c(N)nc(NCCCN3CCCCC3C)nc2n1. The van der Waals surface area contributed by atoms with Crippen molar-refractivity contribution in [1.82, 2.24) is 19.9 Å². The van der Waals surface area contributed by atoms with E-state index in [1.807, 2.05) is 19.9 Å². The minimum Gasteiger partial charge on any atom is -0.383 e. The fourth-order valence-corrected chi connectivity index (χ4v) is 3.56. The lowest BCUT2D eigenvalue weighted by Crippen LogP contribution is -2.38. The van der Waals surface area contributed by atoms with Crippen LogP contribution in [0.5, 0.6) is 0 Å². The van der Waals surface area contributed by atoms with E-state index in [1.54, 1.807) is 0 Å². The molecule has 2 aromatic rings. The molecule has 24 heavy (non-hydrogen) atoms. The van der Waals surface area contributed by atoms with Crippen molar-refractivity contribution in [3.8, 4) is 0 Å². The van der Waals surface area contributed by atoms with Crippen LogP contribution in [0.25, 0.3) is 11.0 Å². The number of hydrogen-bond donors (Lipinski definition) is 2. The zero-order valence-electron chi connectivity index (χ0n) is 15.0. The van der Waals surface area contributed by atoms with Crippen molar-refractivity contribution >= 4 is 22.8 Å². The zero-order valence-corrected chi connectivity index (χ0v) is 15.0. The van der Waals surface area contributed by atoms with Crippen LogP contribution in [0.1, 0.15) is 43.9 Å². The van der Waals surface area contributed by atoms with E-state index >= 15 is 0 Å². The number of likely N-dealkylation sites (tertiary alicyclic amines) is 1. The van der Waals surface area contributed by atoms with E-state index in [9.17, 15) is 0 Å². The smallest absolute Gasteiger partial charge is 0.226 e. The van der Waals surface area contributed by atoms with Gasteiger partial charge in [0.15, 0.2) is 5.65 Å². The number of anilines is 2. The molecule has 1 atom stereocenters. The van der Waals surface area contributed by atoms with Gasteiger partial charge in [-0.1, -0.05) is 6.42 Å². The van der Waals surface area contributed by atoms with Gasteiger partial charge in [0.1, 0.15) is 5.82 Å². The Morgan fingerprint density at radius 3 is 2.88 bits per heavy atom. The van der Waals surface area contributed by atoms with Crippen LogP contribution in [0.3, 0.4) is 0 Å². The van der Waals surface area contributed by atoms with Crippen molar-refractivity contribution in [2.24, 2.45) is 0 Å². The van der Waals surface area contributed by atoms with Crippen LogP contribution in [-0.2, 0) is 0 Å². The number of pyridine rings is 1. The molecule has 130 valence electrons. The predicted molar refractivity (Wildman–Crippen MR) is 99.2 cm³/mol. The quantitative estimate of drug-likeness (QED) is 0.822. The number of rotatable bonds is 5. The molecule has 1 aliphatic rings. The van der Waals surface area contributed by atoms with Crippen LogP contribution in [0.2, 0.25) is 0 Å². The van der Waals surface area contributed by atoms with E-state index in [4.69, 9.17) is 5.73 Å². The Morgan fingerprint density at radius 2 is 2.08 bits per heavy atom. The number of nitrogens with two attached hydrogens (primary N) is 1. The normalized spacial score (nSPS) is 18.9. The molecule has 0 saturated carbocycles. The maximum atomic E-state index is 6.11. The summed E-state index contributed by atoms with van der Waals surface area (Å²) in [4.78, 5) is 16.0. The second kappa shape index (κ2) is 7.30. The van der Waals surface area contributed by atoms with Crippen LogP contribution in [0.4, 0.5) is 11.8 Å². The molecular weight excluding hydrogens is 300 g/mol. The lowest BCUT2D eigenvalue weighted by atomic mass is 10.0. The van der Waals surface area contributed by atoms with E-state index in [0.29, 0.717) is 23.5 Å². The molecule has 3 heterocycles. The molecule has 0 aliphatic carbocycles. The van der Waals surface area contributed by atoms with Gasteiger partial charge in [0.05, 0.1) is 5.39 Å². The first-order valence-electron chi connectivity index (χ1n) is 8.94. The van der Waals surface area contributed by atoms with Gasteiger partial charge in [0.2, 0.25) is 5.95 Å². The molecule has 1 fully saturated rings. The fourth-order valence-electron chi connectivity index (χ4n) is 3.56. The average Bonchev–Trinajstić information content (AvgIpc) is 2.52. The summed E-state index contributed by atoms with van der Waals surface area (Å²) in [5.41, 5.74) is 8.80. The number of nitrogens with zero attached hydrogens (tertiary/aromatic N) is 4. The first-order valence-corrected chi connectivity index (χ1v) is 8.94. The van der Waals surface area contributed by atoms with E-state index in [2.05, 4.69) is 32.1 Å². The molecule has 0 amide bonds. The molecule has 0 radical (unpaired) electrons. The molecule has 2 aromatic heterocycles. The summed E-state index contributed by atoms with van der Waals surface area (Å²) in [5, 5.41) is 4.16. The number of nitrogens with one attached hydrogen (secondary N) is 1. The molecule has 1 saturated heterocycles. The monoisotopic (exact) mass is 328 g/mol. The largest absolute Gasteiger partial charge is 0.383 e. The van der Waals surface area contributed by atoms with Crippen molar-refractivity contribution < 1.29 is 0 Å². The van der Waals surface area contributed by atoms with E-state index < -0.39 is 0 Å². The Kier molecular flexibility index (Phi) is 5.14. The van der Waals surface area contributed by atoms with Gasteiger partial charge >= 0.3 is 0 Å². The summed E-state index contributed by atoms with van der Waals surface area (Å²) in [6.45, 7) is 9.51. The van der Waals surface area contributed by atoms with Gasteiger partial charge < -0.3 is 16.0 Å². The predicted octanol–water partition coefficient (Wildman–Crippen LogP) is 2.90. The summed E-state index contributed by atoms with van der Waals surface area (Å²) in [6, 6.07) is 2.72. The highest BCUT2D eigenvalue weighted by molar-refractivity contribution is 5.89. The lowest BCUT2D eigenvalue weighted by molar-refractivity contribution is 0.160. The average molecular weight is 328 g/mol. The Labute approximate surface area is 143 Å². The summed E-state index contributed by atoms with van der Waals surface area (Å²) in [7, 11) is 0. The van der Waals surface area contributed by atoms with E-state index in [0.717, 1.165) is 36.2 Å². The first kappa shape index (κ1) is 16.9. The highest BCUT2D eigenvalue weighted by atomic mass is 15.2. The minimum absolute atomic E-state index is 0.497. The van der Waals surface area contributed by atoms with Gasteiger partial charge in [-0.15, -0.1) is 0 Å². The van der Waals surface area contributed by atoms with Crippen LogP contribution in [0, 0.1) is 13.8 Å². The topological polar surface area (TPSA) is 80.0 Å². The maximum absolute atomic E-state index is 6.11. The molecule has 6 nitrogen and oxygen atoms in total. The van der Waals surface area contributed by atoms with Crippen molar-refractivity contribution in [3.05, 3.63) is 17.3 Å². The summed E-state index contributed by atoms with van der Waals surface area (Å²) >= 11 is 0. The van der Waals surface area contributed by atoms with Crippen LogP contribution in [0.15, 0.2) is 6.07 Å². The number of nitrogen functional groups attached to an aromatic ring is 1. The fraction of sp³-hybridized carbons (Fsp3) is 0.611. The highest BCUT2D eigenvalue weighted by Crippen LogP contribution is 2.22. The molecule has 1 aliphatic heterocycles. The number of piperidine rings is 1. The molecule has 1 unspecified atom stereocenters. The molecule has 3 rings (SSSR count). The number of hydrogen-bond acceptors (Lipinski definition) is 6. The van der Waals surface area contributed by atoms with E-state index in [-0.39, 0.29) is 0 Å². The van der Waals surface area contributed by atoms with Crippen LogP contribution in [-0.4, -0.2) is 45.5 Å². The summed E-state index contributed by atoms with van der Waals surface area (Å²) in [6.07, 6.45) is 5.09. The number of fused-ring (bicyclic) bond motifs is 1. The second-order valence-electron chi connectivity index (χ2n) is 6.87. The Hall–Kier alpha value is -1.95. The van der Waals surface area contributed by atoms with Gasteiger partial charge in [-0.2, -0.15) is 9.97 Å². The zero-order chi connectivity index (χ0) is 17.1. The third-order valence-corrected chi connectivity index (χ3v) is 4.87. The molecule has 0 spiro atoms. The third-order valence-electron chi connectivity index (χ3n) is 4.87. The molecular formula is C18H28N6. The lowest BCUT2D eigenvalue weighted by Gasteiger charge is -2.33. The minimum atomic E-state index is 0.497. The van der Waals surface area contributed by atoms with Gasteiger partial charge in [0.25, 0.3) is 0 Å². The van der Waals surface area contributed by atoms with Gasteiger partial charge in [-0.25, -0.2) is 4.98 Å². The van der Waals surface area contributed by atoms with Gasteiger partial charge in [-0.05, 0) is 58.2 Å². The summed E-state index contributed by atoms with van der Waals surface area (Å²) < 4.78 is 0. The van der Waals surface area contributed by atoms with Crippen molar-refractivity contribution in [1.29, 1.82) is 0 Å². The number of aromatic nitrogens is 3. The number of aryl methyl sites for hydroxylation is 2. The first-order chi connectivity index (χ1) is 11.5.